The van der Waals surface area contributed by atoms with Crippen LogP contribution in [0.4, 0.5) is 0 Å². The Labute approximate surface area is 71.9 Å². The molecule has 0 aromatic carbocycles. The van der Waals surface area contributed by atoms with Crippen LogP contribution in [0.25, 0.3) is 0 Å². The fourth-order valence-corrected chi connectivity index (χ4v) is 0. The van der Waals surface area contributed by atoms with E-state index in [2.05, 4.69) is 9.78 Å². The van der Waals surface area contributed by atoms with Gasteiger partial charge in [-0.3, -0.25) is 0 Å². The fraction of sp³-hybridized carbons (Fsp3) is 1.00. The van der Waals surface area contributed by atoms with E-state index >= 15 is 0 Å². The maximum absolute atomic E-state index is 8.43. The molecule has 0 bridgehead atoms. The van der Waals surface area contributed by atoms with Crippen LogP contribution in [0.1, 0.15) is 0 Å². The van der Waals surface area contributed by atoms with Crippen LogP contribution in [0, 0.1) is 0 Å². The molecule has 0 aliphatic carbocycles. The summed E-state index contributed by atoms with van der Waals surface area (Å²) in [4.78, 5) is 6.00. The minimum atomic E-state index is 0. The van der Waals surface area contributed by atoms with Crippen molar-refractivity contribution in [3.63, 3.8) is 0 Å². The third-order valence-corrected chi connectivity index (χ3v) is 0. The van der Waals surface area contributed by atoms with E-state index in [9.17, 15) is 0 Å². The molecule has 0 saturated heterocycles. The van der Waals surface area contributed by atoms with Gasteiger partial charge in [0.2, 0.25) is 0 Å². The van der Waals surface area contributed by atoms with Crippen LogP contribution >= 0.6 is 0 Å². The summed E-state index contributed by atoms with van der Waals surface area (Å²) >= 11 is 0. The average Bonchev–Trinajstić information content (AvgIpc) is 1.39. The molecule has 0 spiro atoms. The first-order valence-electron chi connectivity index (χ1n) is 1.15. The first-order chi connectivity index (χ1) is 2.83. The molecule has 0 aliphatic rings. The van der Waals surface area contributed by atoms with E-state index in [0.29, 0.717) is 0 Å². The van der Waals surface area contributed by atoms with E-state index in [1.54, 1.807) is 0 Å². The molecular weight excluding hydrogens is 128 g/mol. The predicted molar refractivity (Wildman–Crippen MR) is 19.8 cm³/mol. The molecule has 0 aromatic rings. The third kappa shape index (κ3) is 153. The van der Waals surface area contributed by atoms with Crippen molar-refractivity contribution in [1.29, 1.82) is 0 Å². The Bertz CT molecular complexity index is 11.7. The Hall–Kier alpha value is 1.10. The summed E-state index contributed by atoms with van der Waals surface area (Å²) in [5.41, 5.74) is 0. The van der Waals surface area contributed by atoms with Crippen molar-refractivity contribution >= 4 is 37.7 Å². The zero-order valence-electron chi connectivity index (χ0n) is 4.34. The normalized spacial score (nSPS) is 5.14. The van der Waals surface area contributed by atoms with Crippen LogP contribution in [-0.2, 0) is 9.78 Å². The molecule has 0 aromatic heterocycles. The van der Waals surface area contributed by atoms with Gasteiger partial charge in [-0.25, -0.2) is 0 Å². The van der Waals surface area contributed by atoms with E-state index in [1.807, 2.05) is 0 Å². The van der Waals surface area contributed by atoms with Gasteiger partial charge in [-0.2, -0.15) is 0 Å². The maximum atomic E-state index is 8.43. The Kier molecular flexibility index (Phi) is 61.7. The van der Waals surface area contributed by atoms with Gasteiger partial charge in [0.05, 0.1) is 0 Å². The molecule has 40 valence electrons. The Morgan fingerprint density at radius 1 is 1.00 bits per heavy atom. The second-order valence-corrected chi connectivity index (χ2v) is 0.333. The fourth-order valence-electron chi connectivity index (χ4n) is 0. The van der Waals surface area contributed by atoms with Gasteiger partial charge in [-0.1, -0.05) is 0 Å². The first kappa shape index (κ1) is 15.7. The SMILES string of the molecule is CO[O-].CO[O-].[Ca+2]. The van der Waals surface area contributed by atoms with E-state index in [-0.39, 0.29) is 37.7 Å². The number of hydrogen-bond acceptors (Lipinski definition) is 4. The molecule has 7 heavy (non-hydrogen) atoms. The van der Waals surface area contributed by atoms with Crippen LogP contribution in [0.15, 0.2) is 0 Å². The molecule has 0 heterocycles. The maximum Gasteiger partial charge on any atom is 2.00 e. The zero-order valence-corrected chi connectivity index (χ0v) is 6.55. The van der Waals surface area contributed by atoms with Crippen molar-refractivity contribution in [2.75, 3.05) is 14.2 Å². The van der Waals surface area contributed by atoms with Crippen LogP contribution in [0.2, 0.25) is 0 Å². The molecular formula is C2H6CaO4. The summed E-state index contributed by atoms with van der Waals surface area (Å²) < 4.78 is 0. The van der Waals surface area contributed by atoms with E-state index in [1.165, 1.54) is 0 Å². The summed E-state index contributed by atoms with van der Waals surface area (Å²) in [5, 5.41) is 16.9. The molecule has 0 amide bonds. The van der Waals surface area contributed by atoms with E-state index in [0.717, 1.165) is 14.2 Å². The van der Waals surface area contributed by atoms with Gasteiger partial charge >= 0.3 is 37.7 Å². The standard InChI is InChI=1S/2CH4O2.Ca/c2*1-3-2;/h2*2H,1H3;/q;;+2/p-2. The first-order valence-corrected chi connectivity index (χ1v) is 1.15. The number of rotatable bonds is 0. The van der Waals surface area contributed by atoms with Crippen molar-refractivity contribution in [2.45, 2.75) is 0 Å². The van der Waals surface area contributed by atoms with Crippen molar-refractivity contribution < 1.29 is 20.3 Å². The van der Waals surface area contributed by atoms with E-state index < -0.39 is 0 Å². The topological polar surface area (TPSA) is 64.6 Å². The van der Waals surface area contributed by atoms with Gasteiger partial charge in [-0.05, 0) is 0 Å². The summed E-state index contributed by atoms with van der Waals surface area (Å²) in [6, 6.07) is 0. The molecule has 4 nitrogen and oxygen atoms in total. The molecule has 0 saturated carbocycles. The van der Waals surface area contributed by atoms with E-state index in [4.69, 9.17) is 10.5 Å². The Morgan fingerprint density at radius 2 is 1.00 bits per heavy atom. The second kappa shape index (κ2) is 27.5. The van der Waals surface area contributed by atoms with Crippen LogP contribution in [0.3, 0.4) is 0 Å². The summed E-state index contributed by atoms with van der Waals surface area (Å²) in [6.45, 7) is 0. The Balaban J connectivity index is -0.0000000400. The smallest absolute Gasteiger partial charge is 0.724 e. The van der Waals surface area contributed by atoms with Gasteiger partial charge in [0, 0.05) is 14.2 Å². The minimum absolute atomic E-state index is 0. The second-order valence-electron chi connectivity index (χ2n) is 0.333. The quantitative estimate of drug-likeness (QED) is 0.207. The summed E-state index contributed by atoms with van der Waals surface area (Å²) in [5.74, 6) is 0. The predicted octanol–water partition coefficient (Wildman–Crippen LogP) is -2.56. The monoisotopic (exact) mass is 134 g/mol. The van der Waals surface area contributed by atoms with Crippen LogP contribution < -0.4 is 10.5 Å². The Morgan fingerprint density at radius 3 is 1.00 bits per heavy atom. The van der Waals surface area contributed by atoms with Crippen molar-refractivity contribution in [3.05, 3.63) is 0 Å². The van der Waals surface area contributed by atoms with Gasteiger partial charge in [0.1, 0.15) is 0 Å². The number of hydrogen-bond donors (Lipinski definition) is 0. The summed E-state index contributed by atoms with van der Waals surface area (Å²) in [6.07, 6.45) is 0. The minimum Gasteiger partial charge on any atom is -0.724 e. The van der Waals surface area contributed by atoms with Gasteiger partial charge in [-0.15, -0.1) is 0 Å². The zero-order chi connectivity index (χ0) is 5.41. The van der Waals surface area contributed by atoms with Crippen molar-refractivity contribution in [2.24, 2.45) is 0 Å². The van der Waals surface area contributed by atoms with Crippen LogP contribution in [-0.4, -0.2) is 52.0 Å². The summed E-state index contributed by atoms with van der Waals surface area (Å²) in [7, 11) is 2.14. The van der Waals surface area contributed by atoms with Gasteiger partial charge < -0.3 is 20.3 Å². The molecule has 0 radical (unpaired) electrons. The van der Waals surface area contributed by atoms with Gasteiger partial charge in [0.15, 0.2) is 0 Å². The largest absolute Gasteiger partial charge is 2.00 e. The molecule has 0 rings (SSSR count). The molecule has 0 unspecified atom stereocenters. The van der Waals surface area contributed by atoms with Crippen LogP contribution in [0.5, 0.6) is 0 Å². The average molecular weight is 134 g/mol. The molecule has 0 aliphatic heterocycles. The third-order valence-electron chi connectivity index (χ3n) is 0. The molecule has 0 fully saturated rings. The van der Waals surface area contributed by atoms with Crippen molar-refractivity contribution in [3.8, 4) is 0 Å². The molecule has 0 atom stereocenters. The molecule has 0 N–H and O–H groups in total. The van der Waals surface area contributed by atoms with Crippen molar-refractivity contribution in [1.82, 2.24) is 0 Å². The van der Waals surface area contributed by atoms with Gasteiger partial charge in [0.25, 0.3) is 0 Å². The molecule has 5 heteroatoms.